The highest BCUT2D eigenvalue weighted by molar-refractivity contribution is 7.07. The van der Waals surface area contributed by atoms with Crippen molar-refractivity contribution in [3.05, 3.63) is 56.0 Å². The van der Waals surface area contributed by atoms with E-state index >= 15 is 0 Å². The first-order valence-corrected chi connectivity index (χ1v) is 10.5. The van der Waals surface area contributed by atoms with E-state index in [0.717, 1.165) is 11.3 Å². The summed E-state index contributed by atoms with van der Waals surface area (Å²) in [4.78, 5) is 25.5. The zero-order valence-corrected chi connectivity index (χ0v) is 18.9. The minimum absolute atomic E-state index is 0.0642. The standard InChI is InChI=1S/C22H23F2N3O5S/c1-4-8-26-19(28)15(13-25)21-27(9-5-10-30-2)20(29)18(33-21)12-14-6-7-16(32-22(23)24)17(11-14)31-3/h4,6-7,11-12,22H,1,5,8-10H2,2-3H3,(H,26,28)/b18-12-,21-15-. The number of hydrogen-bond acceptors (Lipinski definition) is 7. The highest BCUT2D eigenvalue weighted by atomic mass is 32.1. The van der Waals surface area contributed by atoms with Gasteiger partial charge in [-0.3, -0.25) is 14.2 Å². The summed E-state index contributed by atoms with van der Waals surface area (Å²) < 4.78 is 41.5. The number of hydrogen-bond donors (Lipinski definition) is 1. The van der Waals surface area contributed by atoms with Crippen molar-refractivity contribution in [3.63, 3.8) is 0 Å². The third kappa shape index (κ3) is 6.74. The number of carbonyl (C=O) groups excluding carboxylic acids is 1. The molecule has 1 N–H and O–H groups in total. The molecule has 1 amide bonds. The molecule has 8 nitrogen and oxygen atoms in total. The molecule has 2 aromatic rings. The summed E-state index contributed by atoms with van der Waals surface area (Å²) in [5.74, 6) is -0.706. The quantitative estimate of drug-likeness (QED) is 0.386. The summed E-state index contributed by atoms with van der Waals surface area (Å²) in [6, 6.07) is 6.11. The van der Waals surface area contributed by atoms with Gasteiger partial charge in [-0.1, -0.05) is 12.1 Å². The monoisotopic (exact) mass is 479 g/mol. The number of benzene rings is 1. The molecule has 2 rings (SSSR count). The molecule has 1 aromatic heterocycles. The Kier molecular flexibility index (Phi) is 9.78. The Morgan fingerprint density at radius 3 is 2.73 bits per heavy atom. The van der Waals surface area contributed by atoms with Crippen LogP contribution in [0.4, 0.5) is 8.78 Å². The van der Waals surface area contributed by atoms with E-state index in [-0.39, 0.29) is 39.4 Å². The van der Waals surface area contributed by atoms with Crippen LogP contribution in [-0.2, 0) is 16.1 Å². The highest BCUT2D eigenvalue weighted by Gasteiger charge is 2.16. The molecular weight excluding hydrogens is 456 g/mol. The van der Waals surface area contributed by atoms with Gasteiger partial charge < -0.3 is 19.5 Å². The molecule has 0 bridgehead atoms. The topological polar surface area (TPSA) is 103 Å². The molecule has 0 radical (unpaired) electrons. The van der Waals surface area contributed by atoms with Gasteiger partial charge in [-0.05, 0) is 30.2 Å². The molecule has 0 saturated carbocycles. The Morgan fingerprint density at radius 2 is 2.12 bits per heavy atom. The van der Waals surface area contributed by atoms with Crippen molar-refractivity contribution in [1.29, 1.82) is 5.26 Å². The molecule has 176 valence electrons. The average molecular weight is 480 g/mol. The number of ether oxygens (including phenoxy) is 3. The van der Waals surface area contributed by atoms with Crippen molar-refractivity contribution in [2.24, 2.45) is 0 Å². The first kappa shape index (κ1) is 25.8. The second kappa shape index (κ2) is 12.5. The molecule has 0 fully saturated rings. The lowest BCUT2D eigenvalue weighted by atomic mass is 10.2. The van der Waals surface area contributed by atoms with Crippen LogP contribution >= 0.6 is 11.3 Å². The van der Waals surface area contributed by atoms with Gasteiger partial charge in [0, 0.05) is 26.8 Å². The van der Waals surface area contributed by atoms with E-state index in [4.69, 9.17) is 9.47 Å². The number of rotatable bonds is 11. The van der Waals surface area contributed by atoms with Crippen molar-refractivity contribution < 1.29 is 27.8 Å². The van der Waals surface area contributed by atoms with Crippen LogP contribution in [0, 0.1) is 11.3 Å². The maximum Gasteiger partial charge on any atom is 0.387 e. The number of thiazole rings is 1. The number of halogens is 2. The maximum atomic E-state index is 13.1. The third-order valence-corrected chi connectivity index (χ3v) is 5.43. The number of methoxy groups -OCH3 is 2. The second-order valence-electron chi connectivity index (χ2n) is 6.49. The highest BCUT2D eigenvalue weighted by Crippen LogP contribution is 2.29. The number of nitrogens with one attached hydrogen (secondary N) is 1. The van der Waals surface area contributed by atoms with E-state index in [1.54, 1.807) is 0 Å². The molecule has 0 aliphatic rings. The number of nitrogens with zero attached hydrogens (tertiary/aromatic N) is 2. The summed E-state index contributed by atoms with van der Waals surface area (Å²) in [7, 11) is 2.83. The second-order valence-corrected chi connectivity index (χ2v) is 7.52. The van der Waals surface area contributed by atoms with Crippen molar-refractivity contribution in [1.82, 2.24) is 9.88 Å². The largest absolute Gasteiger partial charge is 0.493 e. The fourth-order valence-electron chi connectivity index (χ4n) is 2.84. The van der Waals surface area contributed by atoms with Gasteiger partial charge >= 0.3 is 6.61 Å². The van der Waals surface area contributed by atoms with Crippen molar-refractivity contribution in [2.75, 3.05) is 27.4 Å². The molecule has 0 spiro atoms. The summed E-state index contributed by atoms with van der Waals surface area (Å²) in [6.45, 7) is 1.28. The Hall–Kier alpha value is -3.49. The van der Waals surface area contributed by atoms with E-state index in [1.165, 1.54) is 49.1 Å². The van der Waals surface area contributed by atoms with E-state index in [9.17, 15) is 23.6 Å². The lowest BCUT2D eigenvalue weighted by Crippen LogP contribution is -2.35. The normalized spacial score (nSPS) is 12.3. The Bertz CT molecular complexity index is 1210. The van der Waals surface area contributed by atoms with Crippen LogP contribution < -0.4 is 29.5 Å². The molecule has 1 aromatic carbocycles. The molecule has 33 heavy (non-hydrogen) atoms. The number of aromatic nitrogens is 1. The fraction of sp³-hybridized carbons (Fsp3) is 0.318. The molecule has 0 saturated heterocycles. The number of amides is 1. The van der Waals surface area contributed by atoms with Crippen molar-refractivity contribution >= 4 is 28.9 Å². The molecule has 0 aliphatic heterocycles. The van der Waals surface area contributed by atoms with Crippen LogP contribution in [0.15, 0.2) is 35.6 Å². The molecule has 0 aliphatic carbocycles. The first-order valence-electron chi connectivity index (χ1n) is 9.72. The summed E-state index contributed by atoms with van der Waals surface area (Å²) in [6.07, 6.45) is 3.48. The van der Waals surface area contributed by atoms with E-state index in [0.29, 0.717) is 18.6 Å². The minimum Gasteiger partial charge on any atom is -0.493 e. The summed E-state index contributed by atoms with van der Waals surface area (Å²) in [5.41, 5.74) is -0.117. The number of carbonyl (C=O) groups is 1. The van der Waals surface area contributed by atoms with Gasteiger partial charge in [-0.2, -0.15) is 14.0 Å². The number of nitriles is 1. The van der Waals surface area contributed by atoms with Crippen LogP contribution in [0.2, 0.25) is 0 Å². The molecule has 0 atom stereocenters. The number of alkyl halides is 2. The summed E-state index contributed by atoms with van der Waals surface area (Å²) >= 11 is 0.978. The lowest BCUT2D eigenvalue weighted by Gasteiger charge is -2.09. The third-order valence-electron chi connectivity index (χ3n) is 4.30. The van der Waals surface area contributed by atoms with Gasteiger partial charge in [0.05, 0.1) is 11.6 Å². The van der Waals surface area contributed by atoms with Gasteiger partial charge in [-0.25, -0.2) is 0 Å². The minimum atomic E-state index is -3.01. The molecular formula is C22H23F2N3O5S. The van der Waals surface area contributed by atoms with Gasteiger partial charge in [0.15, 0.2) is 17.1 Å². The van der Waals surface area contributed by atoms with E-state index in [1.807, 2.05) is 6.07 Å². The predicted molar refractivity (Wildman–Crippen MR) is 120 cm³/mol. The zero-order valence-electron chi connectivity index (χ0n) is 18.1. The van der Waals surface area contributed by atoms with Crippen LogP contribution in [-0.4, -0.2) is 44.5 Å². The lowest BCUT2D eigenvalue weighted by molar-refractivity contribution is -0.115. The average Bonchev–Trinajstić information content (AvgIpc) is 3.08. The van der Waals surface area contributed by atoms with Crippen LogP contribution in [0.25, 0.3) is 11.6 Å². The summed E-state index contributed by atoms with van der Waals surface area (Å²) in [5, 5.41) is 12.1. The van der Waals surface area contributed by atoms with Crippen LogP contribution in [0.1, 0.15) is 12.0 Å². The molecule has 0 unspecified atom stereocenters. The Labute approximate surface area is 192 Å². The zero-order chi connectivity index (χ0) is 24.4. The first-order chi connectivity index (χ1) is 15.9. The Balaban J connectivity index is 2.66. The smallest absolute Gasteiger partial charge is 0.387 e. The van der Waals surface area contributed by atoms with Gasteiger partial charge in [-0.15, -0.1) is 17.9 Å². The van der Waals surface area contributed by atoms with Gasteiger partial charge in [0.1, 0.15) is 10.7 Å². The SMILES string of the molecule is C=CCNC(=O)/C(C#N)=c1\s/c(=C\c2ccc(OC(F)F)c(OC)c2)c(=O)n1CCCOC. The van der Waals surface area contributed by atoms with Gasteiger partial charge in [0.2, 0.25) is 0 Å². The fourth-order valence-corrected chi connectivity index (χ4v) is 3.97. The van der Waals surface area contributed by atoms with Crippen LogP contribution in [0.3, 0.4) is 0 Å². The van der Waals surface area contributed by atoms with E-state index < -0.39 is 18.1 Å². The van der Waals surface area contributed by atoms with Crippen molar-refractivity contribution in [3.8, 4) is 17.6 Å². The van der Waals surface area contributed by atoms with Gasteiger partial charge in [0.25, 0.3) is 11.5 Å². The maximum absolute atomic E-state index is 13.1. The van der Waals surface area contributed by atoms with Crippen LogP contribution in [0.5, 0.6) is 11.5 Å². The van der Waals surface area contributed by atoms with E-state index in [2.05, 4.69) is 16.6 Å². The Morgan fingerprint density at radius 1 is 1.36 bits per heavy atom. The molecule has 11 heteroatoms. The van der Waals surface area contributed by atoms with Crippen molar-refractivity contribution in [2.45, 2.75) is 19.6 Å². The molecule has 1 heterocycles. The predicted octanol–water partition coefficient (Wildman–Crippen LogP) is 1.36.